The predicted octanol–water partition coefficient (Wildman–Crippen LogP) is 3.04. The summed E-state index contributed by atoms with van der Waals surface area (Å²) < 4.78 is 8.17. The van der Waals surface area contributed by atoms with Crippen LogP contribution in [0.3, 0.4) is 0 Å². The van der Waals surface area contributed by atoms with Gasteiger partial charge >= 0.3 is 0 Å². The largest absolute Gasteiger partial charge is 0.463 e. The molecule has 1 aliphatic carbocycles. The van der Waals surface area contributed by atoms with Crippen molar-refractivity contribution in [3.8, 4) is 0 Å². The topological polar surface area (TPSA) is 43.0 Å². The van der Waals surface area contributed by atoms with Crippen molar-refractivity contribution in [2.24, 2.45) is 0 Å². The van der Waals surface area contributed by atoms with Gasteiger partial charge in [-0.2, -0.15) is 0 Å². The Morgan fingerprint density at radius 2 is 2.30 bits per heavy atom. The lowest BCUT2D eigenvalue weighted by atomic mass is 10.2. The van der Waals surface area contributed by atoms with Gasteiger partial charge in [0.25, 0.3) is 0 Å². The second-order valence-corrected chi connectivity index (χ2v) is 5.70. The number of aryl methyl sites for hydroxylation is 2. The van der Waals surface area contributed by atoms with Crippen LogP contribution < -0.4 is 5.32 Å². The van der Waals surface area contributed by atoms with Crippen LogP contribution in [-0.4, -0.2) is 15.6 Å². The summed E-state index contributed by atoms with van der Waals surface area (Å²) in [6.45, 7) is 5.93. The molecule has 0 atom stereocenters. The number of aromatic nitrogens is 2. The summed E-state index contributed by atoms with van der Waals surface area (Å²) in [6.07, 6.45) is 8.65. The second kappa shape index (κ2) is 5.83. The summed E-state index contributed by atoms with van der Waals surface area (Å²) in [5.74, 6) is 3.23. The van der Waals surface area contributed by atoms with Crippen molar-refractivity contribution >= 4 is 0 Å². The summed E-state index contributed by atoms with van der Waals surface area (Å²) in [7, 11) is 0. The van der Waals surface area contributed by atoms with E-state index in [1.165, 1.54) is 18.4 Å². The highest BCUT2D eigenvalue weighted by Crippen LogP contribution is 2.21. The number of rotatable bonds is 7. The lowest BCUT2D eigenvalue weighted by molar-refractivity contribution is 0.432. The van der Waals surface area contributed by atoms with E-state index in [1.54, 1.807) is 0 Å². The van der Waals surface area contributed by atoms with Gasteiger partial charge in [0.05, 0.1) is 13.1 Å². The van der Waals surface area contributed by atoms with Crippen LogP contribution in [0.4, 0.5) is 0 Å². The van der Waals surface area contributed by atoms with Gasteiger partial charge in [-0.05, 0) is 37.8 Å². The highest BCUT2D eigenvalue weighted by atomic mass is 16.3. The van der Waals surface area contributed by atoms with Crippen molar-refractivity contribution in [3.05, 3.63) is 41.4 Å². The highest BCUT2D eigenvalue weighted by molar-refractivity contribution is 5.20. The lowest BCUT2D eigenvalue weighted by Crippen LogP contribution is -2.15. The van der Waals surface area contributed by atoms with Gasteiger partial charge in [0.15, 0.2) is 0 Å². The van der Waals surface area contributed by atoms with Gasteiger partial charge in [0.1, 0.15) is 17.3 Å². The monoisotopic (exact) mass is 273 g/mol. The Labute approximate surface area is 120 Å². The Hall–Kier alpha value is -1.55. The maximum absolute atomic E-state index is 5.99. The number of nitrogens with zero attached hydrogens (tertiary/aromatic N) is 2. The normalized spacial score (nSPS) is 14.9. The van der Waals surface area contributed by atoms with E-state index in [9.17, 15) is 0 Å². The first-order chi connectivity index (χ1) is 9.76. The number of hydrogen-bond acceptors (Lipinski definition) is 3. The van der Waals surface area contributed by atoms with Crippen LogP contribution in [0.25, 0.3) is 0 Å². The van der Waals surface area contributed by atoms with E-state index < -0.39 is 0 Å². The zero-order chi connectivity index (χ0) is 13.9. The van der Waals surface area contributed by atoms with Crippen molar-refractivity contribution in [2.45, 2.75) is 58.7 Å². The molecular weight excluding hydrogens is 250 g/mol. The van der Waals surface area contributed by atoms with Gasteiger partial charge in [-0.15, -0.1) is 0 Å². The molecule has 0 aliphatic heterocycles. The van der Waals surface area contributed by atoms with Crippen LogP contribution in [0.15, 0.2) is 22.9 Å². The molecule has 0 aromatic carbocycles. The molecule has 1 N–H and O–H groups in total. The Balaban J connectivity index is 1.67. The number of hydrogen-bond donors (Lipinski definition) is 1. The Bertz CT molecular complexity index is 566. The van der Waals surface area contributed by atoms with Crippen molar-refractivity contribution < 1.29 is 4.42 Å². The van der Waals surface area contributed by atoms with E-state index >= 15 is 0 Å². The maximum Gasteiger partial charge on any atom is 0.124 e. The first-order valence-corrected chi connectivity index (χ1v) is 7.58. The lowest BCUT2D eigenvalue weighted by Gasteiger charge is -2.05. The smallest absolute Gasteiger partial charge is 0.124 e. The standard InChI is InChI=1S/C16H23N3O/c1-3-4-16-17-7-8-19(16)11-14-9-12(2)15(20-14)10-18-13-5-6-13/h7-9,13,18H,3-6,10-11H2,1-2H3. The zero-order valence-electron chi connectivity index (χ0n) is 12.4. The molecule has 2 heterocycles. The fraction of sp³-hybridized carbons (Fsp3) is 0.562. The molecule has 0 saturated heterocycles. The van der Waals surface area contributed by atoms with Gasteiger partial charge in [-0.1, -0.05) is 6.92 Å². The fourth-order valence-corrected chi connectivity index (χ4v) is 2.47. The van der Waals surface area contributed by atoms with E-state index in [1.807, 2.05) is 12.4 Å². The molecule has 4 heteroatoms. The summed E-state index contributed by atoms with van der Waals surface area (Å²) in [4.78, 5) is 4.41. The average Bonchev–Trinajstić information content (AvgIpc) is 3.06. The summed E-state index contributed by atoms with van der Waals surface area (Å²) in [6, 6.07) is 2.87. The molecule has 2 aromatic rings. The third-order valence-electron chi connectivity index (χ3n) is 3.80. The molecule has 108 valence electrons. The molecule has 1 fully saturated rings. The SMILES string of the molecule is CCCc1nccn1Cc1cc(C)c(CNC2CC2)o1. The molecule has 0 unspecified atom stereocenters. The zero-order valence-corrected chi connectivity index (χ0v) is 12.4. The first-order valence-electron chi connectivity index (χ1n) is 7.58. The molecule has 0 spiro atoms. The molecule has 0 amide bonds. The first kappa shape index (κ1) is 13.4. The number of imidazole rings is 1. The highest BCUT2D eigenvalue weighted by Gasteiger charge is 2.21. The fourth-order valence-electron chi connectivity index (χ4n) is 2.47. The van der Waals surface area contributed by atoms with Crippen molar-refractivity contribution in [1.29, 1.82) is 0 Å². The van der Waals surface area contributed by atoms with E-state index in [2.05, 4.69) is 34.8 Å². The van der Waals surface area contributed by atoms with E-state index in [4.69, 9.17) is 4.42 Å². The van der Waals surface area contributed by atoms with Gasteiger partial charge in [-0.3, -0.25) is 0 Å². The molecule has 4 nitrogen and oxygen atoms in total. The molecule has 3 rings (SSSR count). The average molecular weight is 273 g/mol. The molecule has 1 saturated carbocycles. The van der Waals surface area contributed by atoms with Crippen molar-refractivity contribution in [3.63, 3.8) is 0 Å². The van der Waals surface area contributed by atoms with Crippen LogP contribution in [0, 0.1) is 6.92 Å². The minimum Gasteiger partial charge on any atom is -0.463 e. The molecular formula is C16H23N3O. The van der Waals surface area contributed by atoms with Crippen LogP contribution in [-0.2, 0) is 19.5 Å². The van der Waals surface area contributed by atoms with Gasteiger partial charge in [-0.25, -0.2) is 4.98 Å². The molecule has 0 radical (unpaired) electrons. The Morgan fingerprint density at radius 1 is 1.45 bits per heavy atom. The van der Waals surface area contributed by atoms with Crippen molar-refractivity contribution in [2.75, 3.05) is 0 Å². The second-order valence-electron chi connectivity index (χ2n) is 5.70. The minimum atomic E-state index is 0.716. The third-order valence-corrected chi connectivity index (χ3v) is 3.80. The molecule has 20 heavy (non-hydrogen) atoms. The minimum absolute atomic E-state index is 0.716. The van der Waals surface area contributed by atoms with E-state index in [0.717, 1.165) is 43.3 Å². The third kappa shape index (κ3) is 3.12. The number of nitrogens with one attached hydrogen (secondary N) is 1. The van der Waals surface area contributed by atoms with E-state index in [0.29, 0.717) is 6.04 Å². The van der Waals surface area contributed by atoms with E-state index in [-0.39, 0.29) is 0 Å². The predicted molar refractivity (Wildman–Crippen MR) is 78.6 cm³/mol. The number of furan rings is 1. The molecule has 1 aliphatic rings. The van der Waals surface area contributed by atoms with Crippen molar-refractivity contribution in [1.82, 2.24) is 14.9 Å². The summed E-state index contributed by atoms with van der Waals surface area (Å²) >= 11 is 0. The van der Waals surface area contributed by atoms with Gasteiger partial charge < -0.3 is 14.3 Å². The quantitative estimate of drug-likeness (QED) is 0.843. The van der Waals surface area contributed by atoms with Crippen LogP contribution in [0.2, 0.25) is 0 Å². The Morgan fingerprint density at radius 3 is 3.05 bits per heavy atom. The van der Waals surface area contributed by atoms with Gasteiger partial charge in [0, 0.05) is 24.9 Å². The van der Waals surface area contributed by atoms with Crippen LogP contribution in [0.1, 0.15) is 49.1 Å². The van der Waals surface area contributed by atoms with Crippen LogP contribution in [0.5, 0.6) is 0 Å². The molecule has 0 bridgehead atoms. The van der Waals surface area contributed by atoms with Crippen LogP contribution >= 0.6 is 0 Å². The molecule has 2 aromatic heterocycles. The van der Waals surface area contributed by atoms with Gasteiger partial charge in [0.2, 0.25) is 0 Å². The Kier molecular flexibility index (Phi) is 3.92. The summed E-state index contributed by atoms with van der Waals surface area (Å²) in [5, 5.41) is 3.50. The summed E-state index contributed by atoms with van der Waals surface area (Å²) in [5.41, 5.74) is 1.24. The maximum atomic E-state index is 5.99.